The third-order valence-electron chi connectivity index (χ3n) is 0.938. The number of hydrogen-bond acceptors (Lipinski definition) is 2. The van der Waals surface area contributed by atoms with Gasteiger partial charge in [-0.15, -0.1) is 0 Å². The van der Waals surface area contributed by atoms with Crippen LogP contribution in [0.25, 0.3) is 0 Å². The van der Waals surface area contributed by atoms with Gasteiger partial charge in [0.05, 0.1) is 7.14 Å². The maximum atomic E-state index is 9.19. The van der Waals surface area contributed by atoms with Crippen molar-refractivity contribution < 1.29 is 9.90 Å². The third kappa shape index (κ3) is 3.37. The maximum Gasteiger partial charge on any atom is 0.142 e. The van der Waals surface area contributed by atoms with Gasteiger partial charge in [-0.1, -0.05) is 6.07 Å². The van der Waals surface area contributed by atoms with Gasteiger partial charge in [-0.05, 0) is 57.3 Å². The zero-order valence-corrected chi connectivity index (χ0v) is 9.87. The van der Waals surface area contributed by atoms with Gasteiger partial charge in [0.1, 0.15) is 12.5 Å². The molecule has 1 N–H and O–H groups in total. The number of para-hydroxylation sites is 1. The molecule has 0 aliphatic carbocycles. The van der Waals surface area contributed by atoms with E-state index in [4.69, 9.17) is 4.79 Å². The molecule has 0 unspecified atom stereocenters. The SMILES string of the molecule is C=O.Oc1c(I)cccc1I. The molecule has 0 aliphatic rings. The lowest BCUT2D eigenvalue weighted by Gasteiger charge is -1.96. The van der Waals surface area contributed by atoms with E-state index < -0.39 is 0 Å². The van der Waals surface area contributed by atoms with Gasteiger partial charge in [0, 0.05) is 0 Å². The molecule has 0 atom stereocenters. The topological polar surface area (TPSA) is 37.3 Å². The Labute approximate surface area is 92.3 Å². The molecule has 4 heteroatoms. The minimum absolute atomic E-state index is 0.388. The zero-order valence-electron chi connectivity index (χ0n) is 5.55. The number of carbonyl (C=O) groups is 1. The van der Waals surface area contributed by atoms with E-state index >= 15 is 0 Å². The van der Waals surface area contributed by atoms with Crippen LogP contribution in [0, 0.1) is 7.14 Å². The molecule has 0 fully saturated rings. The number of aromatic hydroxyl groups is 1. The van der Waals surface area contributed by atoms with Crippen molar-refractivity contribution in [2.24, 2.45) is 0 Å². The number of halogens is 2. The molecule has 1 aromatic carbocycles. The standard InChI is InChI=1S/C6H4I2O.CH2O/c7-4-2-1-3-5(8)6(4)9;1-2/h1-3,9H;1H2. The Morgan fingerprint density at radius 2 is 1.55 bits per heavy atom. The monoisotopic (exact) mass is 376 g/mol. The Kier molecular flexibility index (Phi) is 5.83. The minimum Gasteiger partial charge on any atom is -0.506 e. The lowest BCUT2D eigenvalue weighted by molar-refractivity contribution is -0.0979. The van der Waals surface area contributed by atoms with Crippen LogP contribution < -0.4 is 0 Å². The van der Waals surface area contributed by atoms with E-state index in [1.807, 2.05) is 25.0 Å². The first-order chi connectivity index (χ1) is 5.22. The molecule has 2 nitrogen and oxygen atoms in total. The number of phenols is 1. The normalized spacial score (nSPS) is 8.18. The maximum absolute atomic E-state index is 9.19. The summed E-state index contributed by atoms with van der Waals surface area (Å²) in [5.41, 5.74) is 0. The van der Waals surface area contributed by atoms with Crippen molar-refractivity contribution in [1.29, 1.82) is 0 Å². The van der Waals surface area contributed by atoms with E-state index in [1.165, 1.54) is 0 Å². The second kappa shape index (κ2) is 5.76. The van der Waals surface area contributed by atoms with Crippen molar-refractivity contribution in [1.82, 2.24) is 0 Å². The fraction of sp³-hybridized carbons (Fsp3) is 0. The molecule has 11 heavy (non-hydrogen) atoms. The molecular formula is C7H6I2O2. The zero-order chi connectivity index (χ0) is 8.85. The molecular weight excluding hydrogens is 370 g/mol. The average Bonchev–Trinajstić information content (AvgIpc) is 2.04. The average molecular weight is 376 g/mol. The van der Waals surface area contributed by atoms with Crippen molar-refractivity contribution in [3.63, 3.8) is 0 Å². The third-order valence-corrected chi connectivity index (χ3v) is 2.68. The fourth-order valence-corrected chi connectivity index (χ4v) is 2.00. The van der Waals surface area contributed by atoms with Gasteiger partial charge in [0.25, 0.3) is 0 Å². The molecule has 0 heterocycles. The van der Waals surface area contributed by atoms with Gasteiger partial charge in [-0.2, -0.15) is 0 Å². The van der Waals surface area contributed by atoms with Crippen molar-refractivity contribution in [2.45, 2.75) is 0 Å². The molecule has 0 bridgehead atoms. The first kappa shape index (κ1) is 11.2. The van der Waals surface area contributed by atoms with Crippen LogP contribution in [-0.4, -0.2) is 11.9 Å². The molecule has 0 spiro atoms. The lowest BCUT2D eigenvalue weighted by atomic mass is 10.3. The van der Waals surface area contributed by atoms with Gasteiger partial charge in [0.2, 0.25) is 0 Å². The van der Waals surface area contributed by atoms with E-state index in [2.05, 4.69) is 45.2 Å². The number of phenolic OH excluding ortho intramolecular Hbond substituents is 1. The van der Waals surface area contributed by atoms with Crippen LogP contribution >= 0.6 is 45.2 Å². The summed E-state index contributed by atoms with van der Waals surface area (Å²) in [5.74, 6) is 0.388. The summed E-state index contributed by atoms with van der Waals surface area (Å²) in [5, 5.41) is 9.19. The Balaban J connectivity index is 0.000000461. The highest BCUT2D eigenvalue weighted by Gasteiger charge is 1.98. The molecule has 0 aliphatic heterocycles. The van der Waals surface area contributed by atoms with Crippen LogP contribution in [0.5, 0.6) is 5.75 Å². The predicted molar refractivity (Wildman–Crippen MR) is 60.7 cm³/mol. The van der Waals surface area contributed by atoms with E-state index in [1.54, 1.807) is 0 Å². The first-order valence-electron chi connectivity index (χ1n) is 2.63. The molecule has 0 saturated heterocycles. The molecule has 0 aromatic heterocycles. The Morgan fingerprint density at radius 3 is 1.82 bits per heavy atom. The molecule has 0 amide bonds. The van der Waals surface area contributed by atoms with Gasteiger partial charge in [0.15, 0.2) is 0 Å². The van der Waals surface area contributed by atoms with Gasteiger partial charge >= 0.3 is 0 Å². The molecule has 1 aromatic rings. The second-order valence-electron chi connectivity index (χ2n) is 1.57. The van der Waals surface area contributed by atoms with Crippen LogP contribution in [0.15, 0.2) is 18.2 Å². The fourth-order valence-electron chi connectivity index (χ4n) is 0.489. The Morgan fingerprint density at radius 1 is 1.18 bits per heavy atom. The Hall–Kier alpha value is 0.150. The van der Waals surface area contributed by atoms with Gasteiger partial charge in [-0.25, -0.2) is 0 Å². The summed E-state index contributed by atoms with van der Waals surface area (Å²) in [4.78, 5) is 8.00. The van der Waals surface area contributed by atoms with Crippen LogP contribution in [0.4, 0.5) is 0 Å². The number of hydrogen-bond donors (Lipinski definition) is 1. The molecule has 60 valence electrons. The summed E-state index contributed by atoms with van der Waals surface area (Å²) in [7, 11) is 0. The highest BCUT2D eigenvalue weighted by Crippen LogP contribution is 2.24. The van der Waals surface area contributed by atoms with Crippen molar-refractivity contribution in [3.05, 3.63) is 25.3 Å². The summed E-state index contributed by atoms with van der Waals surface area (Å²) in [6.45, 7) is 2.00. The van der Waals surface area contributed by atoms with Crippen molar-refractivity contribution >= 4 is 52.0 Å². The lowest BCUT2D eigenvalue weighted by Crippen LogP contribution is -1.75. The number of benzene rings is 1. The predicted octanol–water partition coefficient (Wildman–Crippen LogP) is 2.42. The first-order valence-corrected chi connectivity index (χ1v) is 4.79. The largest absolute Gasteiger partial charge is 0.506 e. The minimum atomic E-state index is 0.388. The van der Waals surface area contributed by atoms with Gasteiger partial charge < -0.3 is 9.90 Å². The quantitative estimate of drug-likeness (QED) is 0.707. The van der Waals surface area contributed by atoms with Crippen molar-refractivity contribution in [3.8, 4) is 5.75 Å². The van der Waals surface area contributed by atoms with Crippen LogP contribution in [0.2, 0.25) is 0 Å². The second-order valence-corrected chi connectivity index (χ2v) is 3.89. The van der Waals surface area contributed by atoms with Crippen LogP contribution in [0.1, 0.15) is 0 Å². The summed E-state index contributed by atoms with van der Waals surface area (Å²) < 4.78 is 1.80. The van der Waals surface area contributed by atoms with Crippen LogP contribution in [0.3, 0.4) is 0 Å². The van der Waals surface area contributed by atoms with Gasteiger partial charge in [-0.3, -0.25) is 0 Å². The van der Waals surface area contributed by atoms with E-state index in [0.717, 1.165) is 7.14 Å². The summed E-state index contributed by atoms with van der Waals surface area (Å²) in [6, 6.07) is 5.67. The van der Waals surface area contributed by atoms with E-state index in [0.29, 0.717) is 5.75 Å². The highest BCUT2D eigenvalue weighted by atomic mass is 127. The Bertz CT molecular complexity index is 218. The smallest absolute Gasteiger partial charge is 0.142 e. The number of carbonyl (C=O) groups excluding carboxylic acids is 1. The number of rotatable bonds is 0. The molecule has 0 saturated carbocycles. The van der Waals surface area contributed by atoms with Crippen LogP contribution in [-0.2, 0) is 4.79 Å². The van der Waals surface area contributed by atoms with E-state index in [-0.39, 0.29) is 0 Å². The summed E-state index contributed by atoms with van der Waals surface area (Å²) >= 11 is 4.19. The molecule has 1 rings (SSSR count). The highest BCUT2D eigenvalue weighted by molar-refractivity contribution is 14.1. The van der Waals surface area contributed by atoms with E-state index in [9.17, 15) is 5.11 Å². The molecule has 0 radical (unpaired) electrons. The summed E-state index contributed by atoms with van der Waals surface area (Å²) in [6.07, 6.45) is 0. The van der Waals surface area contributed by atoms with Crippen molar-refractivity contribution in [2.75, 3.05) is 0 Å².